The average molecular weight is 276 g/mol. The molecule has 0 bridgehead atoms. The Balaban J connectivity index is 2.04. The van der Waals surface area contributed by atoms with Crippen molar-refractivity contribution in [2.75, 3.05) is 6.54 Å². The molecule has 0 saturated carbocycles. The number of rotatable bonds is 6. The van der Waals surface area contributed by atoms with Gasteiger partial charge in [-0.05, 0) is 26.0 Å². The van der Waals surface area contributed by atoms with Gasteiger partial charge in [-0.2, -0.15) is 0 Å². The maximum absolute atomic E-state index is 5.58. The van der Waals surface area contributed by atoms with Crippen LogP contribution in [0.3, 0.4) is 0 Å². The average Bonchev–Trinajstić information content (AvgIpc) is 2.86. The first-order valence-electron chi connectivity index (χ1n) is 6.54. The summed E-state index contributed by atoms with van der Waals surface area (Å²) in [6.45, 7) is 5.40. The van der Waals surface area contributed by atoms with E-state index in [2.05, 4.69) is 34.6 Å². The predicted molar refractivity (Wildman–Crippen MR) is 80.2 cm³/mol. The first-order chi connectivity index (χ1) is 9.19. The first-order valence-corrected chi connectivity index (χ1v) is 7.42. The summed E-state index contributed by atoms with van der Waals surface area (Å²) < 4.78 is 5.58. The van der Waals surface area contributed by atoms with E-state index in [9.17, 15) is 0 Å². The lowest BCUT2D eigenvalue weighted by molar-refractivity contribution is 0.0657. The molecular formula is C15H20N2OS. The van der Waals surface area contributed by atoms with Crippen LogP contribution in [-0.2, 0) is 17.8 Å². The van der Waals surface area contributed by atoms with Gasteiger partial charge in [0.2, 0.25) is 0 Å². The van der Waals surface area contributed by atoms with E-state index in [4.69, 9.17) is 10.5 Å². The molecule has 2 aromatic rings. The Bertz CT molecular complexity index is 505. The minimum absolute atomic E-state index is 0.262. The van der Waals surface area contributed by atoms with Crippen LogP contribution in [0.15, 0.2) is 29.6 Å². The highest BCUT2D eigenvalue weighted by atomic mass is 32.1. The molecule has 1 aromatic carbocycles. The van der Waals surface area contributed by atoms with Crippen LogP contribution in [0.2, 0.25) is 0 Å². The van der Waals surface area contributed by atoms with Gasteiger partial charge in [-0.1, -0.05) is 24.3 Å². The molecule has 0 aliphatic rings. The summed E-state index contributed by atoms with van der Waals surface area (Å²) in [5.41, 5.74) is 8.96. The molecule has 102 valence electrons. The highest BCUT2D eigenvalue weighted by molar-refractivity contribution is 7.13. The van der Waals surface area contributed by atoms with Crippen molar-refractivity contribution in [3.05, 3.63) is 40.9 Å². The fourth-order valence-electron chi connectivity index (χ4n) is 1.71. The number of ether oxygens (including phenoxy) is 1. The number of nitrogens with zero attached hydrogens (tertiary/aromatic N) is 1. The minimum atomic E-state index is 0.262. The van der Waals surface area contributed by atoms with Gasteiger partial charge in [0.25, 0.3) is 0 Å². The van der Waals surface area contributed by atoms with E-state index in [1.807, 2.05) is 13.8 Å². The van der Waals surface area contributed by atoms with E-state index in [0.29, 0.717) is 13.2 Å². The maximum atomic E-state index is 5.58. The molecule has 0 amide bonds. The van der Waals surface area contributed by atoms with Gasteiger partial charge in [0.1, 0.15) is 5.01 Å². The van der Waals surface area contributed by atoms with Gasteiger partial charge in [0, 0.05) is 17.4 Å². The molecule has 1 aromatic heterocycles. The summed E-state index contributed by atoms with van der Waals surface area (Å²) in [5.74, 6) is 0. The Labute approximate surface area is 118 Å². The van der Waals surface area contributed by atoms with Gasteiger partial charge in [-0.25, -0.2) is 4.98 Å². The van der Waals surface area contributed by atoms with Crippen LogP contribution in [0, 0.1) is 0 Å². The van der Waals surface area contributed by atoms with Crippen LogP contribution < -0.4 is 5.73 Å². The van der Waals surface area contributed by atoms with Crippen LogP contribution in [0.5, 0.6) is 0 Å². The Morgan fingerprint density at radius 1 is 1.26 bits per heavy atom. The second-order valence-corrected chi connectivity index (χ2v) is 5.60. The predicted octanol–water partition coefficient (Wildman–Crippen LogP) is 3.24. The van der Waals surface area contributed by atoms with Crippen LogP contribution in [0.25, 0.3) is 10.6 Å². The molecule has 19 heavy (non-hydrogen) atoms. The molecule has 0 aliphatic heterocycles. The van der Waals surface area contributed by atoms with Gasteiger partial charge in [-0.3, -0.25) is 0 Å². The molecule has 2 rings (SSSR count). The maximum Gasteiger partial charge on any atom is 0.123 e. The van der Waals surface area contributed by atoms with Gasteiger partial charge in [0.15, 0.2) is 0 Å². The molecule has 2 N–H and O–H groups in total. The van der Waals surface area contributed by atoms with Crippen molar-refractivity contribution in [1.82, 2.24) is 4.98 Å². The van der Waals surface area contributed by atoms with Crippen molar-refractivity contribution in [3.63, 3.8) is 0 Å². The zero-order valence-corrected chi connectivity index (χ0v) is 12.2. The number of hydrogen-bond donors (Lipinski definition) is 1. The molecule has 0 atom stereocenters. The molecule has 0 unspecified atom stereocenters. The summed E-state index contributed by atoms with van der Waals surface area (Å²) in [7, 11) is 0. The number of hydrogen-bond acceptors (Lipinski definition) is 4. The van der Waals surface area contributed by atoms with Crippen molar-refractivity contribution >= 4 is 11.3 Å². The highest BCUT2D eigenvalue weighted by Crippen LogP contribution is 2.24. The zero-order valence-electron chi connectivity index (χ0n) is 11.4. The molecule has 3 nitrogen and oxygen atoms in total. The van der Waals surface area contributed by atoms with Crippen LogP contribution in [-0.4, -0.2) is 17.6 Å². The number of thiazole rings is 1. The Morgan fingerprint density at radius 2 is 2.00 bits per heavy atom. The van der Waals surface area contributed by atoms with Gasteiger partial charge in [0.05, 0.1) is 18.4 Å². The Morgan fingerprint density at radius 3 is 2.63 bits per heavy atom. The van der Waals surface area contributed by atoms with E-state index >= 15 is 0 Å². The molecule has 0 fully saturated rings. The second kappa shape index (κ2) is 6.80. The van der Waals surface area contributed by atoms with Crippen molar-refractivity contribution < 1.29 is 4.74 Å². The standard InChI is InChI=1S/C15H20N2OS/c1-11(2)18-9-12-3-5-13(6-4-12)15-17-14(7-8-16)10-19-15/h3-6,10-11H,7-9,16H2,1-2H3. The summed E-state index contributed by atoms with van der Waals surface area (Å²) in [6, 6.07) is 8.40. The lowest BCUT2D eigenvalue weighted by atomic mass is 10.1. The van der Waals surface area contributed by atoms with Gasteiger partial charge >= 0.3 is 0 Å². The lowest BCUT2D eigenvalue weighted by Crippen LogP contribution is -2.02. The summed E-state index contributed by atoms with van der Waals surface area (Å²) in [5, 5.41) is 3.14. The quantitative estimate of drug-likeness (QED) is 0.881. The van der Waals surface area contributed by atoms with Crippen molar-refractivity contribution in [3.8, 4) is 10.6 Å². The molecule has 0 aliphatic carbocycles. The van der Waals surface area contributed by atoms with Crippen molar-refractivity contribution in [2.24, 2.45) is 5.73 Å². The largest absolute Gasteiger partial charge is 0.374 e. The molecule has 0 saturated heterocycles. The fourth-order valence-corrected chi connectivity index (χ4v) is 2.57. The van der Waals surface area contributed by atoms with Gasteiger partial charge < -0.3 is 10.5 Å². The number of benzene rings is 1. The van der Waals surface area contributed by atoms with Crippen LogP contribution in [0.1, 0.15) is 25.1 Å². The second-order valence-electron chi connectivity index (χ2n) is 4.74. The zero-order chi connectivity index (χ0) is 13.7. The number of aromatic nitrogens is 1. The molecule has 4 heteroatoms. The smallest absolute Gasteiger partial charge is 0.123 e. The van der Waals surface area contributed by atoms with Crippen molar-refractivity contribution in [1.29, 1.82) is 0 Å². The highest BCUT2D eigenvalue weighted by Gasteiger charge is 2.04. The summed E-state index contributed by atoms with van der Waals surface area (Å²) in [6.07, 6.45) is 1.11. The van der Waals surface area contributed by atoms with Crippen LogP contribution in [0.4, 0.5) is 0 Å². The van der Waals surface area contributed by atoms with Gasteiger partial charge in [-0.15, -0.1) is 11.3 Å². The monoisotopic (exact) mass is 276 g/mol. The third kappa shape index (κ3) is 4.13. The normalized spacial score (nSPS) is 11.2. The molecule has 0 radical (unpaired) electrons. The Hall–Kier alpha value is -1.23. The lowest BCUT2D eigenvalue weighted by Gasteiger charge is -2.07. The van der Waals surface area contributed by atoms with E-state index in [-0.39, 0.29) is 6.10 Å². The van der Waals surface area contributed by atoms with E-state index in [0.717, 1.165) is 22.7 Å². The first kappa shape index (κ1) is 14.2. The molecule has 0 spiro atoms. The van der Waals surface area contributed by atoms with E-state index < -0.39 is 0 Å². The molecule has 1 heterocycles. The third-order valence-electron chi connectivity index (χ3n) is 2.74. The number of nitrogens with two attached hydrogens (primary N) is 1. The SMILES string of the molecule is CC(C)OCc1ccc(-c2nc(CCN)cs2)cc1. The molecular weight excluding hydrogens is 256 g/mol. The van der Waals surface area contributed by atoms with Crippen molar-refractivity contribution in [2.45, 2.75) is 33.0 Å². The summed E-state index contributed by atoms with van der Waals surface area (Å²) in [4.78, 5) is 4.58. The minimum Gasteiger partial charge on any atom is -0.374 e. The third-order valence-corrected chi connectivity index (χ3v) is 3.68. The fraction of sp³-hybridized carbons (Fsp3) is 0.400. The Kier molecular flexibility index (Phi) is 5.07. The van der Waals surface area contributed by atoms with E-state index in [1.54, 1.807) is 11.3 Å². The van der Waals surface area contributed by atoms with E-state index in [1.165, 1.54) is 5.56 Å². The topological polar surface area (TPSA) is 48.1 Å². The summed E-state index contributed by atoms with van der Waals surface area (Å²) >= 11 is 1.67. The van der Waals surface area contributed by atoms with Crippen LogP contribution >= 0.6 is 11.3 Å².